The molecule has 2 aromatic carbocycles. The van der Waals surface area contributed by atoms with E-state index in [-0.39, 0.29) is 0 Å². The zero-order valence-electron chi connectivity index (χ0n) is 12.2. The smallest absolute Gasteiger partial charge is 0.0395 e. The molecule has 0 nitrogen and oxygen atoms in total. The molecule has 2 rings (SSSR count). The van der Waals surface area contributed by atoms with E-state index in [9.17, 15) is 0 Å². The molecule has 0 saturated carbocycles. The summed E-state index contributed by atoms with van der Waals surface area (Å²) in [5.74, 6) is 0. The highest BCUT2D eigenvalue weighted by atomic mass is 79.9. The van der Waals surface area contributed by atoms with Crippen molar-refractivity contribution in [3.8, 4) is 11.1 Å². The molecule has 0 amide bonds. The highest BCUT2D eigenvalue weighted by Gasteiger charge is 2.07. The lowest BCUT2D eigenvalue weighted by Crippen LogP contribution is -1.90. The van der Waals surface area contributed by atoms with Crippen molar-refractivity contribution in [2.45, 2.75) is 43.9 Å². The summed E-state index contributed by atoms with van der Waals surface area (Å²) >= 11 is 3.82. The summed E-state index contributed by atoms with van der Waals surface area (Å²) in [6, 6.07) is 19.5. The summed E-state index contributed by atoms with van der Waals surface area (Å²) in [6.45, 7) is 2.26. The van der Waals surface area contributed by atoms with Crippen LogP contribution in [0, 0.1) is 0 Å². The van der Waals surface area contributed by atoms with Gasteiger partial charge in [0.15, 0.2) is 0 Å². The molecule has 0 bridgehead atoms. The second-order valence-corrected chi connectivity index (χ2v) is 6.41. The molecule has 106 valence electrons. The minimum atomic E-state index is 0.490. The van der Waals surface area contributed by atoms with Crippen LogP contribution in [-0.4, -0.2) is 0 Å². The number of hydrogen-bond donors (Lipinski definition) is 0. The second-order valence-electron chi connectivity index (χ2n) is 5.30. The van der Waals surface area contributed by atoms with Crippen molar-refractivity contribution >= 4 is 15.9 Å². The Labute approximate surface area is 131 Å². The highest BCUT2D eigenvalue weighted by Crippen LogP contribution is 2.30. The van der Waals surface area contributed by atoms with Gasteiger partial charge in [0.2, 0.25) is 0 Å². The first-order chi connectivity index (χ1) is 9.81. The largest absolute Gasteiger partial charge is 0.0839 e. The van der Waals surface area contributed by atoms with Gasteiger partial charge in [0.05, 0.1) is 0 Å². The zero-order valence-corrected chi connectivity index (χ0v) is 13.8. The van der Waals surface area contributed by atoms with E-state index < -0.39 is 0 Å². The van der Waals surface area contributed by atoms with Gasteiger partial charge in [-0.2, -0.15) is 0 Å². The van der Waals surface area contributed by atoms with E-state index in [0.717, 1.165) is 0 Å². The molecule has 0 aliphatic carbocycles. The first kappa shape index (κ1) is 15.3. The molecule has 0 aliphatic rings. The van der Waals surface area contributed by atoms with E-state index in [1.54, 1.807) is 0 Å². The fraction of sp³-hybridized carbons (Fsp3) is 0.368. The summed E-state index contributed by atoms with van der Waals surface area (Å²) in [5.41, 5.74) is 3.97. The third-order valence-electron chi connectivity index (χ3n) is 3.69. The van der Waals surface area contributed by atoms with Gasteiger partial charge in [-0.25, -0.2) is 0 Å². The minimum absolute atomic E-state index is 0.490. The van der Waals surface area contributed by atoms with Crippen molar-refractivity contribution < 1.29 is 0 Å². The van der Waals surface area contributed by atoms with Gasteiger partial charge in [0.1, 0.15) is 0 Å². The Morgan fingerprint density at radius 1 is 0.800 bits per heavy atom. The van der Waals surface area contributed by atoms with Gasteiger partial charge >= 0.3 is 0 Å². The Bertz CT molecular complexity index is 487. The molecule has 0 saturated heterocycles. The molecular formula is C19H23Br. The quantitative estimate of drug-likeness (QED) is 0.388. The van der Waals surface area contributed by atoms with Crippen molar-refractivity contribution in [2.75, 3.05) is 0 Å². The molecule has 0 fully saturated rings. The Kier molecular flexibility index (Phi) is 6.32. The van der Waals surface area contributed by atoms with E-state index >= 15 is 0 Å². The molecule has 0 aromatic heterocycles. The molecule has 1 atom stereocenters. The summed E-state index contributed by atoms with van der Waals surface area (Å²) in [4.78, 5) is 0.490. The maximum absolute atomic E-state index is 3.82. The third-order valence-corrected chi connectivity index (χ3v) is 4.68. The van der Waals surface area contributed by atoms with Gasteiger partial charge < -0.3 is 0 Å². The first-order valence-corrected chi connectivity index (χ1v) is 8.52. The summed E-state index contributed by atoms with van der Waals surface area (Å²) in [6.07, 6.45) is 6.54. The van der Waals surface area contributed by atoms with E-state index in [4.69, 9.17) is 0 Å². The van der Waals surface area contributed by atoms with Crippen molar-refractivity contribution in [2.24, 2.45) is 0 Å². The van der Waals surface area contributed by atoms with Crippen LogP contribution in [0.5, 0.6) is 0 Å². The molecule has 0 heterocycles. The molecular weight excluding hydrogens is 308 g/mol. The fourth-order valence-electron chi connectivity index (χ4n) is 2.43. The standard InChI is InChI=1S/C19H23Br/c1-2-3-4-8-11-19(20)18-14-12-17(13-15-18)16-9-6-5-7-10-16/h5-7,9-10,12-15,19H,2-4,8,11H2,1H3. The number of hydrogen-bond acceptors (Lipinski definition) is 0. The van der Waals surface area contributed by atoms with Gasteiger partial charge in [0.25, 0.3) is 0 Å². The van der Waals surface area contributed by atoms with Gasteiger partial charge in [-0.05, 0) is 23.1 Å². The summed E-state index contributed by atoms with van der Waals surface area (Å²) in [7, 11) is 0. The predicted molar refractivity (Wildman–Crippen MR) is 92.3 cm³/mol. The van der Waals surface area contributed by atoms with Gasteiger partial charge in [-0.3, -0.25) is 0 Å². The van der Waals surface area contributed by atoms with Crippen LogP contribution in [0.3, 0.4) is 0 Å². The van der Waals surface area contributed by atoms with Crippen LogP contribution in [0.1, 0.15) is 49.4 Å². The Balaban J connectivity index is 1.94. The SMILES string of the molecule is CCCCCCC(Br)c1ccc(-c2ccccc2)cc1. The maximum Gasteiger partial charge on any atom is 0.0395 e. The van der Waals surface area contributed by atoms with Crippen molar-refractivity contribution in [3.05, 3.63) is 60.2 Å². The predicted octanol–water partition coefficient (Wildman–Crippen LogP) is 6.76. The third kappa shape index (κ3) is 4.49. The minimum Gasteiger partial charge on any atom is -0.0839 e. The summed E-state index contributed by atoms with van der Waals surface area (Å²) < 4.78 is 0. The van der Waals surface area contributed by atoms with Gasteiger partial charge in [-0.15, -0.1) is 0 Å². The number of halogens is 1. The van der Waals surface area contributed by atoms with Crippen LogP contribution in [0.4, 0.5) is 0 Å². The van der Waals surface area contributed by atoms with Crippen molar-refractivity contribution in [1.29, 1.82) is 0 Å². The lowest BCUT2D eigenvalue weighted by Gasteiger charge is -2.11. The van der Waals surface area contributed by atoms with E-state index in [1.807, 2.05) is 0 Å². The monoisotopic (exact) mass is 330 g/mol. The molecule has 0 radical (unpaired) electrons. The van der Waals surface area contributed by atoms with Crippen LogP contribution in [0.15, 0.2) is 54.6 Å². The number of benzene rings is 2. The van der Waals surface area contributed by atoms with E-state index in [2.05, 4.69) is 77.5 Å². The summed E-state index contributed by atoms with van der Waals surface area (Å²) in [5, 5.41) is 0. The molecule has 0 spiro atoms. The van der Waals surface area contributed by atoms with Crippen LogP contribution >= 0.6 is 15.9 Å². The Hall–Kier alpha value is -1.08. The van der Waals surface area contributed by atoms with E-state index in [0.29, 0.717) is 4.83 Å². The maximum atomic E-state index is 3.82. The van der Waals surface area contributed by atoms with Crippen LogP contribution in [-0.2, 0) is 0 Å². The van der Waals surface area contributed by atoms with Crippen LogP contribution < -0.4 is 0 Å². The highest BCUT2D eigenvalue weighted by molar-refractivity contribution is 9.09. The average Bonchev–Trinajstić information content (AvgIpc) is 2.52. The van der Waals surface area contributed by atoms with E-state index in [1.165, 1.54) is 48.8 Å². The fourth-order valence-corrected chi connectivity index (χ4v) is 3.06. The molecule has 20 heavy (non-hydrogen) atoms. The molecule has 2 aromatic rings. The van der Waals surface area contributed by atoms with Gasteiger partial charge in [0, 0.05) is 4.83 Å². The van der Waals surface area contributed by atoms with Crippen LogP contribution in [0.2, 0.25) is 0 Å². The van der Waals surface area contributed by atoms with Crippen molar-refractivity contribution in [3.63, 3.8) is 0 Å². The Morgan fingerprint density at radius 2 is 1.45 bits per heavy atom. The number of alkyl halides is 1. The average molecular weight is 331 g/mol. The Morgan fingerprint density at radius 3 is 2.10 bits per heavy atom. The zero-order chi connectivity index (χ0) is 14.2. The number of unbranched alkanes of at least 4 members (excludes halogenated alkanes) is 3. The van der Waals surface area contributed by atoms with Gasteiger partial charge in [-0.1, -0.05) is 103 Å². The van der Waals surface area contributed by atoms with Crippen molar-refractivity contribution in [1.82, 2.24) is 0 Å². The first-order valence-electron chi connectivity index (χ1n) is 7.60. The molecule has 1 unspecified atom stereocenters. The topological polar surface area (TPSA) is 0 Å². The molecule has 0 aliphatic heterocycles. The molecule has 0 N–H and O–H groups in total. The second kappa shape index (κ2) is 8.26. The molecule has 1 heteroatoms. The lowest BCUT2D eigenvalue weighted by atomic mass is 10.0. The number of rotatable bonds is 7. The van der Waals surface area contributed by atoms with Crippen LogP contribution in [0.25, 0.3) is 11.1 Å². The normalized spacial score (nSPS) is 12.3. The lowest BCUT2D eigenvalue weighted by molar-refractivity contribution is 0.630.